The Bertz CT molecular complexity index is 107. The lowest BCUT2D eigenvalue weighted by atomic mass is 10.5. The van der Waals surface area contributed by atoms with Crippen LogP contribution in [0.25, 0.3) is 0 Å². The van der Waals surface area contributed by atoms with E-state index < -0.39 is 0 Å². The summed E-state index contributed by atoms with van der Waals surface area (Å²) in [6.45, 7) is 3.70. The normalized spacial score (nSPS) is 12.6. The molecule has 0 rings (SSSR count). The van der Waals surface area contributed by atoms with Crippen molar-refractivity contribution in [1.82, 2.24) is 4.90 Å². The summed E-state index contributed by atoms with van der Waals surface area (Å²) < 4.78 is 0. The summed E-state index contributed by atoms with van der Waals surface area (Å²) in [5, 5.41) is 0. The second-order valence-corrected chi connectivity index (χ2v) is 2.61. The fourth-order valence-electron chi connectivity index (χ4n) is 0.629. The van der Waals surface area contributed by atoms with Crippen LogP contribution < -0.4 is 5.73 Å². The summed E-state index contributed by atoms with van der Waals surface area (Å²) in [6.07, 6.45) is 1.06. The second kappa shape index (κ2) is 5.23. The smallest absolute Gasteiger partial charge is 0.108 e. The predicted molar refractivity (Wildman–Crippen MR) is 45.3 cm³/mol. The summed E-state index contributed by atoms with van der Waals surface area (Å²) in [5.74, 6) is 0.729. The van der Waals surface area contributed by atoms with E-state index in [-0.39, 0.29) is 0 Å². The van der Waals surface area contributed by atoms with Gasteiger partial charge in [-0.1, -0.05) is 6.92 Å². The fraction of sp³-hybridized carbons (Fsp3) is 0.857. The van der Waals surface area contributed by atoms with Crippen molar-refractivity contribution in [3.8, 4) is 0 Å². The minimum Gasteiger partial charge on any atom is -0.386 e. The van der Waals surface area contributed by atoms with Crippen LogP contribution >= 0.6 is 0 Å². The van der Waals surface area contributed by atoms with Gasteiger partial charge < -0.3 is 10.6 Å². The first-order valence-corrected chi connectivity index (χ1v) is 3.60. The first kappa shape index (κ1) is 9.43. The molecule has 0 heterocycles. The molecule has 10 heavy (non-hydrogen) atoms. The molecule has 0 fully saturated rings. The van der Waals surface area contributed by atoms with Crippen molar-refractivity contribution in [3.05, 3.63) is 0 Å². The first-order chi connectivity index (χ1) is 4.66. The number of nitrogens with two attached hydrogens (primary N) is 1. The molecule has 0 aliphatic heterocycles. The molecule has 0 aromatic carbocycles. The largest absolute Gasteiger partial charge is 0.386 e. The number of hydrogen-bond donors (Lipinski definition) is 1. The molecule has 0 saturated carbocycles. The summed E-state index contributed by atoms with van der Waals surface area (Å²) in [5.41, 5.74) is 5.57. The molecule has 0 aliphatic carbocycles. The zero-order valence-electron chi connectivity index (χ0n) is 7.09. The highest BCUT2D eigenvalue weighted by Gasteiger charge is 1.92. The van der Waals surface area contributed by atoms with Crippen LogP contribution in [-0.4, -0.2) is 37.9 Å². The highest BCUT2D eigenvalue weighted by molar-refractivity contribution is 5.82. The van der Waals surface area contributed by atoms with Gasteiger partial charge in [0.25, 0.3) is 0 Å². The van der Waals surface area contributed by atoms with Gasteiger partial charge in [0.1, 0.15) is 5.84 Å². The van der Waals surface area contributed by atoms with E-state index in [0.717, 1.165) is 25.3 Å². The van der Waals surface area contributed by atoms with Crippen molar-refractivity contribution >= 4 is 5.84 Å². The Morgan fingerprint density at radius 3 is 2.50 bits per heavy atom. The van der Waals surface area contributed by atoms with Gasteiger partial charge in [-0.15, -0.1) is 0 Å². The third-order valence-corrected chi connectivity index (χ3v) is 1.02. The average Bonchev–Trinajstić information content (AvgIpc) is 1.82. The predicted octanol–water partition coefficient (Wildman–Crippen LogP) is 0.315. The van der Waals surface area contributed by atoms with Crippen LogP contribution in [0.4, 0.5) is 0 Å². The maximum Gasteiger partial charge on any atom is 0.108 e. The van der Waals surface area contributed by atoms with Crippen molar-refractivity contribution in [2.75, 3.05) is 27.2 Å². The van der Waals surface area contributed by atoms with Gasteiger partial charge in [-0.25, -0.2) is 0 Å². The Morgan fingerprint density at radius 2 is 2.10 bits per heavy atom. The van der Waals surface area contributed by atoms with E-state index in [1.54, 1.807) is 0 Å². The molecule has 0 bridgehead atoms. The van der Waals surface area contributed by atoms with Gasteiger partial charge in [-0.2, -0.15) is 0 Å². The Morgan fingerprint density at radius 1 is 1.50 bits per heavy atom. The number of nitrogens with zero attached hydrogens (tertiary/aromatic N) is 2. The van der Waals surface area contributed by atoms with Crippen molar-refractivity contribution in [2.24, 2.45) is 10.7 Å². The monoisotopic (exact) mass is 143 g/mol. The molecule has 0 unspecified atom stereocenters. The van der Waals surface area contributed by atoms with Crippen LogP contribution in [0.15, 0.2) is 4.99 Å². The van der Waals surface area contributed by atoms with Gasteiger partial charge in [0.05, 0.1) is 6.54 Å². The van der Waals surface area contributed by atoms with Crippen molar-refractivity contribution < 1.29 is 0 Å². The van der Waals surface area contributed by atoms with E-state index in [4.69, 9.17) is 5.73 Å². The fourth-order valence-corrected chi connectivity index (χ4v) is 0.629. The van der Waals surface area contributed by atoms with Crippen molar-refractivity contribution in [3.63, 3.8) is 0 Å². The molecular weight excluding hydrogens is 126 g/mol. The second-order valence-electron chi connectivity index (χ2n) is 2.61. The van der Waals surface area contributed by atoms with Gasteiger partial charge in [0.15, 0.2) is 0 Å². The third-order valence-electron chi connectivity index (χ3n) is 1.02. The molecule has 0 aliphatic rings. The number of rotatable bonds is 4. The number of aliphatic imine (C=N–C) groups is 1. The third kappa shape index (κ3) is 5.56. The van der Waals surface area contributed by atoms with Crippen LogP contribution in [0.5, 0.6) is 0 Å². The van der Waals surface area contributed by atoms with Crippen LogP contribution in [0.3, 0.4) is 0 Å². The molecule has 2 N–H and O–H groups in total. The zero-order valence-corrected chi connectivity index (χ0v) is 7.09. The highest BCUT2D eigenvalue weighted by atomic mass is 15.1. The minimum atomic E-state index is 0.729. The topological polar surface area (TPSA) is 41.6 Å². The molecule has 0 aromatic rings. The van der Waals surface area contributed by atoms with Gasteiger partial charge in [-0.05, 0) is 20.5 Å². The highest BCUT2D eigenvalue weighted by Crippen LogP contribution is 1.79. The summed E-state index contributed by atoms with van der Waals surface area (Å²) in [4.78, 5) is 6.14. The Balaban J connectivity index is 3.49. The van der Waals surface area contributed by atoms with Gasteiger partial charge in [0.2, 0.25) is 0 Å². The van der Waals surface area contributed by atoms with Crippen molar-refractivity contribution in [1.29, 1.82) is 0 Å². The number of amidine groups is 1. The molecule has 0 spiro atoms. The molecule has 60 valence electrons. The number of hydrogen-bond acceptors (Lipinski definition) is 2. The summed E-state index contributed by atoms with van der Waals surface area (Å²) >= 11 is 0. The lowest BCUT2D eigenvalue weighted by Gasteiger charge is -2.07. The first-order valence-electron chi connectivity index (χ1n) is 3.60. The summed E-state index contributed by atoms with van der Waals surface area (Å²) in [7, 11) is 3.96. The standard InChI is InChI=1S/C7H17N3/c1-4-5-9-7(8)6-10(2)3/h4-6H2,1-3H3,(H2,8,9). The van der Waals surface area contributed by atoms with Crippen molar-refractivity contribution in [2.45, 2.75) is 13.3 Å². The van der Waals surface area contributed by atoms with Gasteiger partial charge in [0, 0.05) is 6.54 Å². The van der Waals surface area contributed by atoms with E-state index in [1.807, 2.05) is 19.0 Å². The Labute approximate surface area is 62.9 Å². The lowest BCUT2D eigenvalue weighted by molar-refractivity contribution is 0.467. The molecule has 0 radical (unpaired) electrons. The summed E-state index contributed by atoms with van der Waals surface area (Å²) in [6, 6.07) is 0. The SMILES string of the molecule is CCCN=C(N)CN(C)C. The quantitative estimate of drug-likeness (QED) is 0.455. The maximum atomic E-state index is 5.57. The molecule has 3 nitrogen and oxygen atoms in total. The zero-order chi connectivity index (χ0) is 7.98. The Hall–Kier alpha value is -0.570. The molecule has 3 heteroatoms. The Kier molecular flexibility index (Phi) is 4.94. The number of likely N-dealkylation sites (N-methyl/N-ethyl adjacent to an activating group) is 1. The van der Waals surface area contributed by atoms with Crippen LogP contribution in [0.1, 0.15) is 13.3 Å². The van der Waals surface area contributed by atoms with E-state index in [2.05, 4.69) is 11.9 Å². The minimum absolute atomic E-state index is 0.729. The van der Waals surface area contributed by atoms with E-state index in [0.29, 0.717) is 0 Å². The van der Waals surface area contributed by atoms with Crippen LogP contribution in [-0.2, 0) is 0 Å². The van der Waals surface area contributed by atoms with Gasteiger partial charge in [-0.3, -0.25) is 4.99 Å². The molecule has 0 saturated heterocycles. The average molecular weight is 143 g/mol. The molecule has 0 atom stereocenters. The lowest BCUT2D eigenvalue weighted by Crippen LogP contribution is -2.28. The van der Waals surface area contributed by atoms with E-state index in [1.165, 1.54) is 0 Å². The van der Waals surface area contributed by atoms with Crippen LogP contribution in [0, 0.1) is 0 Å². The van der Waals surface area contributed by atoms with Gasteiger partial charge >= 0.3 is 0 Å². The van der Waals surface area contributed by atoms with E-state index in [9.17, 15) is 0 Å². The van der Waals surface area contributed by atoms with E-state index >= 15 is 0 Å². The molecule has 0 aromatic heterocycles. The maximum absolute atomic E-state index is 5.57. The molecular formula is C7H17N3. The van der Waals surface area contributed by atoms with Crippen LogP contribution in [0.2, 0.25) is 0 Å². The molecule has 0 amide bonds.